The number of aromatic nitrogens is 3. The van der Waals surface area contributed by atoms with E-state index in [0.717, 1.165) is 25.8 Å². The molecule has 3 atom stereocenters. The smallest absolute Gasteiger partial charge is 0.422 e. The lowest BCUT2D eigenvalue weighted by Crippen LogP contribution is -2.43. The van der Waals surface area contributed by atoms with Crippen molar-refractivity contribution in [2.75, 3.05) is 40.2 Å². The number of ether oxygens (including phenoxy) is 4. The van der Waals surface area contributed by atoms with Crippen LogP contribution >= 0.6 is 11.6 Å². The number of nitrogens with zero attached hydrogens (tertiary/aromatic N) is 4. The number of alkyl halides is 3. The molecule has 0 N–H and O–H groups in total. The topological polar surface area (TPSA) is 78.8 Å². The van der Waals surface area contributed by atoms with Crippen LogP contribution in [0, 0.1) is 11.7 Å². The van der Waals surface area contributed by atoms with Gasteiger partial charge in [0.1, 0.15) is 23.6 Å². The van der Waals surface area contributed by atoms with Crippen molar-refractivity contribution in [2.24, 2.45) is 5.92 Å². The van der Waals surface area contributed by atoms with Crippen LogP contribution in [0.5, 0.6) is 17.6 Å². The van der Waals surface area contributed by atoms with Gasteiger partial charge in [-0.15, -0.1) is 0 Å². The molecule has 0 radical (unpaired) electrons. The number of fused-ring (bicyclic) bond motifs is 2. The summed E-state index contributed by atoms with van der Waals surface area (Å²) >= 11 is 6.66. The van der Waals surface area contributed by atoms with E-state index in [1.54, 1.807) is 12.1 Å². The van der Waals surface area contributed by atoms with Crippen molar-refractivity contribution in [1.29, 1.82) is 0 Å². The fourth-order valence-corrected chi connectivity index (χ4v) is 6.62. The van der Waals surface area contributed by atoms with Crippen molar-refractivity contribution >= 4 is 22.5 Å². The van der Waals surface area contributed by atoms with Crippen molar-refractivity contribution < 1.29 is 40.9 Å². The van der Waals surface area contributed by atoms with Crippen LogP contribution in [0.2, 0.25) is 5.02 Å². The molecule has 0 amide bonds. The maximum Gasteiger partial charge on any atom is 0.422 e. The Morgan fingerprint density at radius 1 is 1.18 bits per heavy atom. The van der Waals surface area contributed by atoms with Gasteiger partial charge < -0.3 is 18.9 Å². The molecular formula is C30H30ClF5N4O4. The van der Waals surface area contributed by atoms with E-state index >= 15 is 4.39 Å². The molecule has 0 bridgehead atoms. The van der Waals surface area contributed by atoms with Crippen LogP contribution in [0.3, 0.4) is 0 Å². The van der Waals surface area contributed by atoms with Gasteiger partial charge in [0.05, 0.1) is 17.3 Å². The van der Waals surface area contributed by atoms with Gasteiger partial charge in [-0.1, -0.05) is 18.5 Å². The lowest BCUT2D eigenvalue weighted by molar-refractivity contribution is -0.153. The second-order valence-corrected chi connectivity index (χ2v) is 12.0. The molecule has 3 fully saturated rings. The van der Waals surface area contributed by atoms with Crippen molar-refractivity contribution in [1.82, 2.24) is 19.9 Å². The summed E-state index contributed by atoms with van der Waals surface area (Å²) < 4.78 is 90.7. The van der Waals surface area contributed by atoms with E-state index in [1.165, 1.54) is 13.3 Å². The molecule has 2 saturated heterocycles. The molecule has 236 valence electrons. The predicted octanol–water partition coefficient (Wildman–Crippen LogP) is 7.00. The van der Waals surface area contributed by atoms with E-state index in [1.807, 2.05) is 6.92 Å². The van der Waals surface area contributed by atoms with Crippen LogP contribution in [-0.2, 0) is 4.74 Å². The van der Waals surface area contributed by atoms with Crippen LogP contribution in [0.15, 0.2) is 30.2 Å². The van der Waals surface area contributed by atoms with Crippen molar-refractivity contribution in [2.45, 2.75) is 50.2 Å². The van der Waals surface area contributed by atoms with Crippen molar-refractivity contribution in [3.63, 3.8) is 0 Å². The van der Waals surface area contributed by atoms with Gasteiger partial charge in [-0.25, -0.2) is 8.78 Å². The van der Waals surface area contributed by atoms with Crippen LogP contribution < -0.4 is 14.2 Å². The molecule has 1 saturated carbocycles. The summed E-state index contributed by atoms with van der Waals surface area (Å²) in [6, 6.07) is 2.86. The minimum absolute atomic E-state index is 0.0341. The first kappa shape index (κ1) is 30.7. The van der Waals surface area contributed by atoms with Gasteiger partial charge in [0.15, 0.2) is 19.2 Å². The highest BCUT2D eigenvalue weighted by molar-refractivity contribution is 6.32. The van der Waals surface area contributed by atoms with Crippen LogP contribution in [0.25, 0.3) is 22.2 Å². The highest BCUT2D eigenvalue weighted by atomic mass is 35.5. The molecule has 6 rings (SSSR count). The summed E-state index contributed by atoms with van der Waals surface area (Å²) in [6.45, 7) is 1.56. The van der Waals surface area contributed by atoms with Gasteiger partial charge in [-0.05, 0) is 67.3 Å². The molecule has 0 unspecified atom stereocenters. The Hall–Kier alpha value is -3.29. The first-order valence-corrected chi connectivity index (χ1v) is 14.6. The summed E-state index contributed by atoms with van der Waals surface area (Å²) in [5.41, 5.74) is 0.723. The molecular weight excluding hydrogens is 611 g/mol. The zero-order chi connectivity index (χ0) is 31.2. The molecule has 0 spiro atoms. The van der Waals surface area contributed by atoms with E-state index in [-0.39, 0.29) is 41.9 Å². The van der Waals surface area contributed by atoms with Crippen LogP contribution in [-0.4, -0.2) is 71.8 Å². The standard InChI is InChI=1S/C30H30ClF5N4O4/c1-16-6-19(16)23-20(7-18(8-22(23)31)44-15-41-2)25-24(33)26-21(11-37-25)27(42-14-30(34,35)36)39-28(38-26)43-13-29-4-3-5-40(29)12-17(9-29)10-32/h7-8,10-11,16,19H,3-6,9,12-15H2,1-2H3/b17-10-/t16-,19+,29-/m0/s1. The van der Waals surface area contributed by atoms with Gasteiger partial charge in [0, 0.05) is 30.4 Å². The Morgan fingerprint density at radius 2 is 1.98 bits per heavy atom. The number of benzene rings is 1. The molecule has 8 nitrogen and oxygen atoms in total. The lowest BCUT2D eigenvalue weighted by atomic mass is 9.94. The average molecular weight is 641 g/mol. The fourth-order valence-electron chi connectivity index (χ4n) is 6.28. The Bertz CT molecular complexity index is 1610. The number of rotatable bonds is 10. The predicted molar refractivity (Wildman–Crippen MR) is 151 cm³/mol. The maximum absolute atomic E-state index is 16.5. The summed E-state index contributed by atoms with van der Waals surface area (Å²) in [7, 11) is 1.46. The highest BCUT2D eigenvalue weighted by Gasteiger charge is 2.47. The van der Waals surface area contributed by atoms with E-state index in [4.69, 9.17) is 30.5 Å². The van der Waals surface area contributed by atoms with Gasteiger partial charge in [-0.3, -0.25) is 9.88 Å². The molecule has 1 aliphatic carbocycles. The molecule has 3 aliphatic rings. The fraction of sp³-hybridized carbons (Fsp3) is 0.500. The van der Waals surface area contributed by atoms with E-state index in [0.29, 0.717) is 52.7 Å². The van der Waals surface area contributed by atoms with Crippen LogP contribution in [0.4, 0.5) is 22.0 Å². The molecule has 2 aliphatic heterocycles. The Balaban J connectivity index is 1.43. The zero-order valence-electron chi connectivity index (χ0n) is 24.0. The van der Waals surface area contributed by atoms with Gasteiger partial charge in [0.25, 0.3) is 0 Å². The Morgan fingerprint density at radius 3 is 2.68 bits per heavy atom. The lowest BCUT2D eigenvalue weighted by Gasteiger charge is -2.30. The minimum atomic E-state index is -4.68. The third-order valence-electron chi connectivity index (χ3n) is 8.50. The zero-order valence-corrected chi connectivity index (χ0v) is 24.8. The van der Waals surface area contributed by atoms with Crippen molar-refractivity contribution in [3.8, 4) is 28.9 Å². The maximum atomic E-state index is 16.5. The summed E-state index contributed by atoms with van der Waals surface area (Å²) in [4.78, 5) is 14.7. The number of pyridine rings is 1. The first-order chi connectivity index (χ1) is 21.0. The molecule has 4 heterocycles. The second-order valence-electron chi connectivity index (χ2n) is 11.6. The average Bonchev–Trinajstić information content (AvgIpc) is 3.40. The number of hydrogen-bond donors (Lipinski definition) is 0. The van der Waals surface area contributed by atoms with E-state index in [9.17, 15) is 17.6 Å². The minimum Gasteiger partial charge on any atom is -0.467 e. The summed E-state index contributed by atoms with van der Waals surface area (Å²) in [5.74, 6) is -0.745. The monoisotopic (exact) mass is 640 g/mol. The summed E-state index contributed by atoms with van der Waals surface area (Å²) in [5, 5.41) is 0.204. The van der Waals surface area contributed by atoms with Crippen molar-refractivity contribution in [3.05, 3.63) is 46.6 Å². The van der Waals surface area contributed by atoms with Gasteiger partial charge in [0.2, 0.25) is 5.88 Å². The third kappa shape index (κ3) is 6.01. The summed E-state index contributed by atoms with van der Waals surface area (Å²) in [6.07, 6.45) is -0.0350. The highest BCUT2D eigenvalue weighted by Crippen LogP contribution is 2.53. The second kappa shape index (κ2) is 11.9. The van der Waals surface area contributed by atoms with Gasteiger partial charge in [-0.2, -0.15) is 23.1 Å². The molecule has 3 aromatic rings. The van der Waals surface area contributed by atoms with E-state index < -0.39 is 30.0 Å². The third-order valence-corrected chi connectivity index (χ3v) is 8.81. The molecule has 44 heavy (non-hydrogen) atoms. The van der Waals surface area contributed by atoms with E-state index in [2.05, 4.69) is 19.9 Å². The molecule has 14 heteroatoms. The number of methoxy groups -OCH3 is 1. The Kier molecular flexibility index (Phi) is 8.31. The number of hydrogen-bond acceptors (Lipinski definition) is 8. The first-order valence-electron chi connectivity index (χ1n) is 14.2. The Labute approximate surface area is 255 Å². The SMILES string of the molecule is COCOc1cc(Cl)c([C@@H]2C[C@@H]2C)c(-c2ncc3c(OCC(F)(F)F)nc(OC[C@@]45CCCN4C/C(=C\F)C5)nc3c2F)c1. The largest absolute Gasteiger partial charge is 0.467 e. The molecule has 1 aromatic carbocycles. The normalized spacial score (nSPS) is 24.2. The quantitative estimate of drug-likeness (QED) is 0.173. The number of halogens is 6. The van der Waals surface area contributed by atoms with Gasteiger partial charge >= 0.3 is 12.2 Å². The van der Waals surface area contributed by atoms with Crippen LogP contribution in [0.1, 0.15) is 44.1 Å². The molecule has 2 aromatic heterocycles.